The number of rotatable bonds is 10. The summed E-state index contributed by atoms with van der Waals surface area (Å²) in [4.78, 5) is 28.0. The summed E-state index contributed by atoms with van der Waals surface area (Å²) in [6.45, 7) is 0.618. The van der Waals surface area contributed by atoms with E-state index < -0.39 is 18.0 Å². The molecule has 0 radical (unpaired) electrons. The number of ether oxygens (including phenoxy) is 2. The summed E-state index contributed by atoms with van der Waals surface area (Å²) in [5.74, 6) is 1.07. The van der Waals surface area contributed by atoms with Crippen LogP contribution in [0.15, 0.2) is 12.1 Å². The highest BCUT2D eigenvalue weighted by atomic mass is 16.6. The topological polar surface area (TPSA) is 116 Å². The predicted molar refractivity (Wildman–Crippen MR) is 98.6 cm³/mol. The second kappa shape index (κ2) is 7.62. The molecule has 3 saturated carbocycles. The third-order valence-electron chi connectivity index (χ3n) is 5.02. The van der Waals surface area contributed by atoms with Crippen LogP contribution >= 0.6 is 0 Å². The molecule has 8 nitrogen and oxygen atoms in total. The van der Waals surface area contributed by atoms with Crippen molar-refractivity contribution in [1.29, 1.82) is 0 Å². The highest BCUT2D eigenvalue weighted by Gasteiger charge is 2.30. The van der Waals surface area contributed by atoms with Gasteiger partial charge < -0.3 is 25.8 Å². The highest BCUT2D eigenvalue weighted by Crippen LogP contribution is 2.35. The van der Waals surface area contributed by atoms with Crippen molar-refractivity contribution in [2.45, 2.75) is 57.0 Å². The van der Waals surface area contributed by atoms with Crippen molar-refractivity contribution < 1.29 is 19.1 Å². The van der Waals surface area contributed by atoms with Crippen molar-refractivity contribution in [3.8, 4) is 11.8 Å². The Morgan fingerprint density at radius 1 is 1.15 bits per heavy atom. The summed E-state index contributed by atoms with van der Waals surface area (Å²) in [7, 11) is 0. The first kappa shape index (κ1) is 17.9. The van der Waals surface area contributed by atoms with Gasteiger partial charge in [-0.05, 0) is 50.0 Å². The molecule has 4 rings (SSSR count). The molecule has 2 amide bonds. The van der Waals surface area contributed by atoms with E-state index in [9.17, 15) is 9.59 Å². The molecule has 27 heavy (non-hydrogen) atoms. The molecule has 3 aliphatic rings. The fraction of sp³-hybridized carbons (Fsp3) is 0.632. The largest absolute Gasteiger partial charge is 0.476 e. The Balaban J connectivity index is 1.37. The Hall–Kier alpha value is -2.51. The van der Waals surface area contributed by atoms with Crippen LogP contribution in [0.4, 0.5) is 10.5 Å². The van der Waals surface area contributed by atoms with Crippen LogP contribution in [0.25, 0.3) is 0 Å². The number of carbonyl (C=O) groups is 2. The predicted octanol–water partition coefficient (Wildman–Crippen LogP) is 2.19. The number of anilines is 1. The van der Waals surface area contributed by atoms with Crippen LogP contribution in [0.5, 0.6) is 11.8 Å². The van der Waals surface area contributed by atoms with Gasteiger partial charge in [0.05, 0.1) is 12.3 Å². The standard InChI is InChI=1S/C19H26N4O4/c20-17(24)15(9-11-1-2-11)22-19(25)27-16-8-7-14(21-13-5-6-13)18(23-16)26-10-12-3-4-12/h7-8,11-13,15,21H,1-6,9-10H2,(H2,20,24)(H,22,25)/t15-/m0/s1. The van der Waals surface area contributed by atoms with Gasteiger partial charge in [-0.1, -0.05) is 12.8 Å². The Morgan fingerprint density at radius 2 is 1.89 bits per heavy atom. The maximum atomic E-state index is 12.2. The van der Waals surface area contributed by atoms with Gasteiger partial charge in [-0.25, -0.2) is 4.79 Å². The number of carbonyl (C=O) groups excluding carboxylic acids is 2. The van der Waals surface area contributed by atoms with Crippen LogP contribution in [0.1, 0.15) is 44.9 Å². The summed E-state index contributed by atoms with van der Waals surface area (Å²) in [5.41, 5.74) is 6.19. The minimum Gasteiger partial charge on any atom is -0.476 e. The van der Waals surface area contributed by atoms with Gasteiger partial charge in [0, 0.05) is 12.1 Å². The van der Waals surface area contributed by atoms with Gasteiger partial charge in [0.15, 0.2) is 0 Å². The summed E-state index contributed by atoms with van der Waals surface area (Å²) in [6, 6.07) is 3.18. The van der Waals surface area contributed by atoms with Crippen molar-refractivity contribution in [3.05, 3.63) is 12.1 Å². The summed E-state index contributed by atoms with van der Waals surface area (Å²) in [5, 5.41) is 5.92. The minimum absolute atomic E-state index is 0.134. The maximum absolute atomic E-state index is 12.2. The Kier molecular flexibility index (Phi) is 5.05. The molecule has 0 aromatic carbocycles. The Bertz CT molecular complexity index is 714. The van der Waals surface area contributed by atoms with E-state index in [0.717, 1.165) is 31.4 Å². The molecule has 0 spiro atoms. The lowest BCUT2D eigenvalue weighted by Gasteiger charge is -2.16. The van der Waals surface area contributed by atoms with E-state index in [1.54, 1.807) is 6.07 Å². The Morgan fingerprint density at radius 3 is 2.52 bits per heavy atom. The molecule has 1 aromatic heterocycles. The zero-order valence-electron chi connectivity index (χ0n) is 15.3. The number of hydrogen-bond donors (Lipinski definition) is 3. The zero-order chi connectivity index (χ0) is 18.8. The van der Waals surface area contributed by atoms with E-state index in [2.05, 4.69) is 15.6 Å². The third-order valence-corrected chi connectivity index (χ3v) is 5.02. The molecule has 0 bridgehead atoms. The first-order valence-electron chi connectivity index (χ1n) is 9.75. The van der Waals surface area contributed by atoms with Crippen LogP contribution in [-0.4, -0.2) is 35.7 Å². The molecular formula is C19H26N4O4. The van der Waals surface area contributed by atoms with Crippen molar-refractivity contribution in [2.75, 3.05) is 11.9 Å². The SMILES string of the molecule is NC(=O)[C@H](CC1CC1)NC(=O)Oc1ccc(NC2CC2)c(OCC2CC2)n1. The first-order valence-corrected chi connectivity index (χ1v) is 9.75. The quantitative estimate of drug-likeness (QED) is 0.578. The van der Waals surface area contributed by atoms with Crippen molar-refractivity contribution in [1.82, 2.24) is 10.3 Å². The molecule has 3 fully saturated rings. The molecule has 146 valence electrons. The number of pyridine rings is 1. The zero-order valence-corrected chi connectivity index (χ0v) is 15.3. The van der Waals surface area contributed by atoms with Gasteiger partial charge in [-0.2, -0.15) is 4.98 Å². The molecule has 0 saturated heterocycles. The van der Waals surface area contributed by atoms with E-state index >= 15 is 0 Å². The second-order valence-corrected chi connectivity index (χ2v) is 7.84. The highest BCUT2D eigenvalue weighted by molar-refractivity contribution is 5.84. The minimum atomic E-state index is -0.733. The first-order chi connectivity index (χ1) is 13.1. The van der Waals surface area contributed by atoms with E-state index in [1.165, 1.54) is 12.8 Å². The summed E-state index contributed by atoms with van der Waals surface area (Å²) < 4.78 is 11.1. The number of nitrogens with zero attached hydrogens (tertiary/aromatic N) is 1. The molecule has 8 heteroatoms. The van der Waals surface area contributed by atoms with Crippen LogP contribution < -0.4 is 25.8 Å². The fourth-order valence-electron chi connectivity index (χ4n) is 2.83. The number of nitrogens with one attached hydrogen (secondary N) is 2. The van der Waals surface area contributed by atoms with Crippen LogP contribution in [0.2, 0.25) is 0 Å². The molecule has 3 aliphatic carbocycles. The molecule has 0 aliphatic heterocycles. The molecule has 1 atom stereocenters. The molecule has 1 heterocycles. The fourth-order valence-corrected chi connectivity index (χ4v) is 2.83. The van der Waals surface area contributed by atoms with E-state index in [-0.39, 0.29) is 5.88 Å². The molecule has 0 unspecified atom stereocenters. The van der Waals surface area contributed by atoms with Crippen LogP contribution in [0, 0.1) is 11.8 Å². The van der Waals surface area contributed by atoms with Crippen LogP contribution in [-0.2, 0) is 4.79 Å². The number of nitrogens with two attached hydrogens (primary N) is 1. The molecular weight excluding hydrogens is 348 g/mol. The average molecular weight is 374 g/mol. The Labute approximate surface area is 158 Å². The normalized spacial score (nSPS) is 19.9. The van der Waals surface area contributed by atoms with Gasteiger partial charge in [0.25, 0.3) is 0 Å². The molecule has 1 aromatic rings. The lowest BCUT2D eigenvalue weighted by Crippen LogP contribution is -2.45. The molecule has 4 N–H and O–H groups in total. The maximum Gasteiger partial charge on any atom is 0.414 e. The smallest absolute Gasteiger partial charge is 0.414 e. The van der Waals surface area contributed by atoms with Gasteiger partial charge in [0.1, 0.15) is 6.04 Å². The van der Waals surface area contributed by atoms with Crippen molar-refractivity contribution in [2.24, 2.45) is 17.6 Å². The van der Waals surface area contributed by atoms with Crippen LogP contribution in [0.3, 0.4) is 0 Å². The van der Waals surface area contributed by atoms with E-state index in [0.29, 0.717) is 36.8 Å². The monoisotopic (exact) mass is 374 g/mol. The number of aromatic nitrogens is 1. The third kappa shape index (κ3) is 5.48. The lowest BCUT2D eigenvalue weighted by molar-refractivity contribution is -0.120. The van der Waals surface area contributed by atoms with Crippen molar-refractivity contribution in [3.63, 3.8) is 0 Å². The van der Waals surface area contributed by atoms with Gasteiger partial charge in [-0.3, -0.25) is 4.79 Å². The number of primary amides is 1. The van der Waals surface area contributed by atoms with Crippen molar-refractivity contribution >= 4 is 17.7 Å². The second-order valence-electron chi connectivity index (χ2n) is 7.84. The average Bonchev–Trinajstić information content (AvgIpc) is 3.46. The number of hydrogen-bond acceptors (Lipinski definition) is 6. The lowest BCUT2D eigenvalue weighted by atomic mass is 10.1. The van der Waals surface area contributed by atoms with Gasteiger partial charge in [0.2, 0.25) is 17.7 Å². The summed E-state index contributed by atoms with van der Waals surface area (Å²) in [6.07, 6.45) is 6.59. The van der Waals surface area contributed by atoms with Gasteiger partial charge >= 0.3 is 6.09 Å². The summed E-state index contributed by atoms with van der Waals surface area (Å²) >= 11 is 0. The van der Waals surface area contributed by atoms with Gasteiger partial charge in [-0.15, -0.1) is 0 Å². The van der Waals surface area contributed by atoms with E-state index in [1.807, 2.05) is 6.07 Å². The van der Waals surface area contributed by atoms with E-state index in [4.69, 9.17) is 15.2 Å². The number of amides is 2.